The summed E-state index contributed by atoms with van der Waals surface area (Å²) in [5, 5.41) is 0.665. The number of ketones is 1. The van der Waals surface area contributed by atoms with E-state index in [0.717, 1.165) is 16.9 Å². The van der Waals surface area contributed by atoms with Crippen LogP contribution in [0.3, 0.4) is 0 Å². The van der Waals surface area contributed by atoms with Gasteiger partial charge in [-0.25, -0.2) is 0 Å². The van der Waals surface area contributed by atoms with Crippen molar-refractivity contribution in [3.8, 4) is 5.75 Å². The monoisotopic (exact) mass is 269 g/mol. The van der Waals surface area contributed by atoms with Gasteiger partial charge in [0.25, 0.3) is 0 Å². The molecule has 1 rings (SSSR count). The Morgan fingerprint density at radius 1 is 1.44 bits per heavy atom. The van der Waals surface area contributed by atoms with Crippen LogP contribution in [0.25, 0.3) is 0 Å². The molecule has 100 valence electrons. The second-order valence-corrected chi connectivity index (χ2v) is 5.17. The summed E-state index contributed by atoms with van der Waals surface area (Å²) in [7, 11) is 5.53. The number of methoxy groups -OCH3 is 1. The lowest BCUT2D eigenvalue weighted by molar-refractivity contribution is -0.118. The molecular weight excluding hydrogens is 250 g/mol. The molecule has 0 radical (unpaired) electrons. The highest BCUT2D eigenvalue weighted by atomic mass is 35.5. The van der Waals surface area contributed by atoms with Crippen molar-refractivity contribution in [3.63, 3.8) is 0 Å². The molecule has 0 heterocycles. The van der Waals surface area contributed by atoms with Gasteiger partial charge in [-0.2, -0.15) is 0 Å². The first-order valence-electron chi connectivity index (χ1n) is 5.86. The topological polar surface area (TPSA) is 29.5 Å². The molecule has 3 nitrogen and oxygen atoms in total. The molecular formula is C14H20ClNO2. The van der Waals surface area contributed by atoms with Gasteiger partial charge in [-0.15, -0.1) is 0 Å². The van der Waals surface area contributed by atoms with E-state index in [4.69, 9.17) is 16.3 Å². The van der Waals surface area contributed by atoms with E-state index < -0.39 is 0 Å². The largest absolute Gasteiger partial charge is 0.496 e. The SMILES string of the molecule is COc1c(C)cc(Cl)cc1C(CC(C)=O)N(C)C. The minimum Gasteiger partial charge on any atom is -0.496 e. The van der Waals surface area contributed by atoms with Crippen LogP contribution in [-0.2, 0) is 4.79 Å². The number of Topliss-reactive ketones (excluding diaryl/α,β-unsaturated/α-hetero) is 1. The summed E-state index contributed by atoms with van der Waals surface area (Å²) in [5.74, 6) is 0.952. The van der Waals surface area contributed by atoms with Crippen LogP contribution < -0.4 is 4.74 Å². The summed E-state index contributed by atoms with van der Waals surface area (Å²) in [5.41, 5.74) is 1.94. The molecule has 1 atom stereocenters. The Bertz CT molecular complexity index is 444. The number of benzene rings is 1. The van der Waals surface area contributed by atoms with Crippen molar-refractivity contribution in [2.24, 2.45) is 0 Å². The zero-order chi connectivity index (χ0) is 13.9. The zero-order valence-electron chi connectivity index (χ0n) is 11.6. The number of nitrogens with zero attached hydrogens (tertiary/aromatic N) is 1. The van der Waals surface area contributed by atoms with Crippen LogP contribution in [0.15, 0.2) is 12.1 Å². The molecule has 0 spiro atoms. The molecule has 0 aliphatic heterocycles. The number of carbonyl (C=O) groups excluding carboxylic acids is 1. The van der Waals surface area contributed by atoms with Crippen molar-refractivity contribution >= 4 is 17.4 Å². The fourth-order valence-corrected chi connectivity index (χ4v) is 2.41. The Balaban J connectivity index is 3.30. The molecule has 0 N–H and O–H groups in total. The normalized spacial score (nSPS) is 12.6. The molecule has 0 saturated carbocycles. The standard InChI is InChI=1S/C14H20ClNO2/c1-9-6-11(15)8-12(14(9)18-5)13(16(3)4)7-10(2)17/h6,8,13H,7H2,1-5H3. The zero-order valence-corrected chi connectivity index (χ0v) is 12.3. The predicted molar refractivity (Wildman–Crippen MR) is 74.5 cm³/mol. The van der Waals surface area contributed by atoms with Crippen molar-refractivity contribution in [1.82, 2.24) is 4.90 Å². The molecule has 0 bridgehead atoms. The molecule has 0 saturated heterocycles. The summed E-state index contributed by atoms with van der Waals surface area (Å²) in [6, 6.07) is 3.72. The molecule has 0 aliphatic rings. The molecule has 0 aromatic heterocycles. The third kappa shape index (κ3) is 3.47. The van der Waals surface area contributed by atoms with Gasteiger partial charge in [0.1, 0.15) is 11.5 Å². The lowest BCUT2D eigenvalue weighted by Gasteiger charge is -2.26. The molecule has 1 aromatic rings. The highest BCUT2D eigenvalue weighted by Crippen LogP contribution is 2.35. The first kappa shape index (κ1) is 15.0. The third-order valence-corrected chi connectivity index (χ3v) is 3.15. The average Bonchev–Trinajstić information content (AvgIpc) is 2.24. The molecule has 1 aromatic carbocycles. The highest BCUT2D eigenvalue weighted by Gasteiger charge is 2.21. The lowest BCUT2D eigenvalue weighted by atomic mass is 9.97. The fraction of sp³-hybridized carbons (Fsp3) is 0.500. The Morgan fingerprint density at radius 3 is 2.50 bits per heavy atom. The number of hydrogen-bond donors (Lipinski definition) is 0. The smallest absolute Gasteiger partial charge is 0.131 e. The number of hydrogen-bond acceptors (Lipinski definition) is 3. The number of carbonyl (C=O) groups is 1. The van der Waals surface area contributed by atoms with Crippen LogP contribution in [0.1, 0.15) is 30.5 Å². The quantitative estimate of drug-likeness (QED) is 0.822. The minimum absolute atomic E-state index is 0.0187. The number of aryl methyl sites for hydroxylation is 1. The molecule has 4 heteroatoms. The van der Waals surface area contributed by atoms with Gasteiger partial charge in [-0.3, -0.25) is 4.79 Å². The second-order valence-electron chi connectivity index (χ2n) is 4.73. The van der Waals surface area contributed by atoms with Crippen LogP contribution in [0, 0.1) is 6.92 Å². The lowest BCUT2D eigenvalue weighted by Crippen LogP contribution is -2.23. The van der Waals surface area contributed by atoms with Crippen molar-refractivity contribution in [3.05, 3.63) is 28.3 Å². The van der Waals surface area contributed by atoms with Gasteiger partial charge in [0.15, 0.2) is 0 Å². The summed E-state index contributed by atoms with van der Waals surface area (Å²) in [4.78, 5) is 13.4. The van der Waals surface area contributed by atoms with Crippen molar-refractivity contribution < 1.29 is 9.53 Å². The number of halogens is 1. The van der Waals surface area contributed by atoms with Crippen LogP contribution >= 0.6 is 11.6 Å². The maximum Gasteiger partial charge on any atom is 0.131 e. The van der Waals surface area contributed by atoms with Crippen molar-refractivity contribution in [2.75, 3.05) is 21.2 Å². The van der Waals surface area contributed by atoms with Crippen LogP contribution in [0.4, 0.5) is 0 Å². The Labute approximate surface area is 114 Å². The van der Waals surface area contributed by atoms with Gasteiger partial charge < -0.3 is 9.64 Å². The minimum atomic E-state index is -0.0187. The molecule has 1 unspecified atom stereocenters. The number of rotatable bonds is 5. The summed E-state index contributed by atoms with van der Waals surface area (Å²) < 4.78 is 5.45. The molecule has 0 fully saturated rings. The van der Waals surface area contributed by atoms with Gasteiger partial charge in [-0.1, -0.05) is 11.6 Å². The van der Waals surface area contributed by atoms with Crippen LogP contribution in [0.5, 0.6) is 5.75 Å². The van der Waals surface area contributed by atoms with Gasteiger partial charge in [-0.05, 0) is 45.6 Å². The average molecular weight is 270 g/mol. The summed E-state index contributed by atoms with van der Waals surface area (Å²) in [6.45, 7) is 3.55. The van der Waals surface area contributed by atoms with E-state index in [1.807, 2.05) is 38.1 Å². The maximum absolute atomic E-state index is 11.4. The predicted octanol–water partition coefficient (Wildman–Crippen LogP) is 3.24. The van der Waals surface area contributed by atoms with E-state index in [1.54, 1.807) is 14.0 Å². The Morgan fingerprint density at radius 2 is 2.06 bits per heavy atom. The summed E-state index contributed by atoms with van der Waals surface area (Å²) in [6.07, 6.45) is 0.448. The van der Waals surface area contributed by atoms with E-state index in [1.165, 1.54) is 0 Å². The van der Waals surface area contributed by atoms with Crippen LogP contribution in [0.2, 0.25) is 5.02 Å². The van der Waals surface area contributed by atoms with Gasteiger partial charge in [0.05, 0.1) is 7.11 Å². The summed E-state index contributed by atoms with van der Waals surface area (Å²) >= 11 is 6.11. The highest BCUT2D eigenvalue weighted by molar-refractivity contribution is 6.30. The number of ether oxygens (including phenoxy) is 1. The van der Waals surface area contributed by atoms with Gasteiger partial charge in [0.2, 0.25) is 0 Å². The van der Waals surface area contributed by atoms with Gasteiger partial charge >= 0.3 is 0 Å². The Hall–Kier alpha value is -1.06. The van der Waals surface area contributed by atoms with Gasteiger partial charge in [0, 0.05) is 23.0 Å². The molecule has 18 heavy (non-hydrogen) atoms. The van der Waals surface area contributed by atoms with E-state index >= 15 is 0 Å². The van der Waals surface area contributed by atoms with Crippen LogP contribution in [-0.4, -0.2) is 31.9 Å². The first-order valence-corrected chi connectivity index (χ1v) is 6.24. The van der Waals surface area contributed by atoms with E-state index in [0.29, 0.717) is 11.4 Å². The Kier molecular flexibility index (Phi) is 5.17. The van der Waals surface area contributed by atoms with Crippen molar-refractivity contribution in [1.29, 1.82) is 0 Å². The molecule has 0 aliphatic carbocycles. The molecule has 0 amide bonds. The maximum atomic E-state index is 11.4. The third-order valence-electron chi connectivity index (χ3n) is 2.94. The fourth-order valence-electron chi connectivity index (χ4n) is 2.13. The van der Waals surface area contributed by atoms with E-state index in [9.17, 15) is 4.79 Å². The second kappa shape index (κ2) is 6.21. The van der Waals surface area contributed by atoms with E-state index in [2.05, 4.69) is 0 Å². The first-order chi connectivity index (χ1) is 8.36. The van der Waals surface area contributed by atoms with Crippen molar-refractivity contribution in [2.45, 2.75) is 26.3 Å². The van der Waals surface area contributed by atoms with E-state index in [-0.39, 0.29) is 11.8 Å².